The highest BCUT2D eigenvalue weighted by Crippen LogP contribution is 2.14. The normalized spacial score (nSPS) is 11.3. The Balaban J connectivity index is 1.90. The molecule has 0 spiro atoms. The van der Waals surface area contributed by atoms with Crippen molar-refractivity contribution < 1.29 is 4.42 Å². The lowest BCUT2D eigenvalue weighted by molar-refractivity contribution is 0.282. The van der Waals surface area contributed by atoms with Gasteiger partial charge in [-0.3, -0.25) is 4.90 Å². The zero-order valence-electron chi connectivity index (χ0n) is 10.6. The van der Waals surface area contributed by atoms with Gasteiger partial charge in [0.05, 0.1) is 17.2 Å². The first-order valence-corrected chi connectivity index (χ1v) is 6.72. The third kappa shape index (κ3) is 3.41. The average Bonchev–Trinajstić information content (AvgIpc) is 2.88. The van der Waals surface area contributed by atoms with Crippen LogP contribution < -0.4 is 0 Å². The summed E-state index contributed by atoms with van der Waals surface area (Å²) in [6.45, 7) is 5.80. The molecular weight excluding hydrogens is 232 g/mol. The van der Waals surface area contributed by atoms with E-state index in [2.05, 4.69) is 29.2 Å². The lowest BCUT2D eigenvalue weighted by Gasteiger charge is -2.13. The highest BCUT2D eigenvalue weighted by molar-refractivity contribution is 7.09. The Labute approximate surface area is 106 Å². The minimum Gasteiger partial charge on any atom is -0.465 e. The van der Waals surface area contributed by atoms with Gasteiger partial charge in [0.25, 0.3) is 0 Å². The van der Waals surface area contributed by atoms with Crippen LogP contribution in [0.4, 0.5) is 0 Å². The number of furan rings is 1. The highest BCUT2D eigenvalue weighted by Gasteiger charge is 2.07. The van der Waals surface area contributed by atoms with Crippen LogP contribution in [0.25, 0.3) is 0 Å². The largest absolute Gasteiger partial charge is 0.465 e. The Morgan fingerprint density at radius 3 is 2.76 bits per heavy atom. The van der Waals surface area contributed by atoms with Crippen LogP contribution in [0.1, 0.15) is 29.1 Å². The summed E-state index contributed by atoms with van der Waals surface area (Å²) in [6.07, 6.45) is 1.02. The molecule has 2 aromatic rings. The number of aromatic nitrogens is 1. The summed E-state index contributed by atoms with van der Waals surface area (Å²) in [5.41, 5.74) is 1.15. The Morgan fingerprint density at radius 2 is 2.18 bits per heavy atom. The molecule has 3 nitrogen and oxygen atoms in total. The van der Waals surface area contributed by atoms with E-state index in [4.69, 9.17) is 4.42 Å². The van der Waals surface area contributed by atoms with E-state index < -0.39 is 0 Å². The van der Waals surface area contributed by atoms with Crippen molar-refractivity contribution in [3.05, 3.63) is 39.7 Å². The van der Waals surface area contributed by atoms with E-state index >= 15 is 0 Å². The van der Waals surface area contributed by atoms with E-state index in [-0.39, 0.29) is 0 Å². The van der Waals surface area contributed by atoms with Gasteiger partial charge in [-0.1, -0.05) is 6.92 Å². The van der Waals surface area contributed by atoms with E-state index in [0.29, 0.717) is 0 Å². The van der Waals surface area contributed by atoms with Crippen LogP contribution in [0.3, 0.4) is 0 Å². The maximum absolute atomic E-state index is 5.56. The maximum Gasteiger partial charge on any atom is 0.118 e. The van der Waals surface area contributed by atoms with Crippen molar-refractivity contribution in [2.45, 2.75) is 33.4 Å². The van der Waals surface area contributed by atoms with Gasteiger partial charge in [-0.25, -0.2) is 4.98 Å². The molecular formula is C13H18N2OS. The summed E-state index contributed by atoms with van der Waals surface area (Å²) in [4.78, 5) is 6.78. The average molecular weight is 250 g/mol. The molecule has 0 N–H and O–H groups in total. The third-order valence-electron chi connectivity index (χ3n) is 2.56. The lowest BCUT2D eigenvalue weighted by atomic mass is 10.3. The molecule has 2 aromatic heterocycles. The summed E-state index contributed by atoms with van der Waals surface area (Å²) in [7, 11) is 2.09. The van der Waals surface area contributed by atoms with Crippen LogP contribution in [0.15, 0.2) is 21.9 Å². The zero-order valence-corrected chi connectivity index (χ0v) is 11.4. The Hall–Kier alpha value is -1.13. The van der Waals surface area contributed by atoms with Crippen LogP contribution in [0.5, 0.6) is 0 Å². The van der Waals surface area contributed by atoms with Crippen LogP contribution in [0.2, 0.25) is 0 Å². The van der Waals surface area contributed by atoms with Gasteiger partial charge in [-0.15, -0.1) is 11.3 Å². The molecule has 92 valence electrons. The molecule has 0 saturated heterocycles. The monoisotopic (exact) mass is 250 g/mol. The minimum atomic E-state index is 0.826. The van der Waals surface area contributed by atoms with Gasteiger partial charge in [-0.2, -0.15) is 0 Å². The lowest BCUT2D eigenvalue weighted by Crippen LogP contribution is -2.17. The first-order valence-electron chi connectivity index (χ1n) is 5.84. The molecule has 0 aliphatic rings. The quantitative estimate of drug-likeness (QED) is 0.816. The van der Waals surface area contributed by atoms with Crippen molar-refractivity contribution in [1.82, 2.24) is 9.88 Å². The molecule has 2 rings (SSSR count). The van der Waals surface area contributed by atoms with Crippen molar-refractivity contribution in [3.8, 4) is 0 Å². The summed E-state index contributed by atoms with van der Waals surface area (Å²) in [6, 6.07) is 4.03. The number of nitrogens with zero attached hydrogens (tertiary/aromatic N) is 2. The van der Waals surface area contributed by atoms with Crippen molar-refractivity contribution in [2.75, 3.05) is 7.05 Å². The van der Waals surface area contributed by atoms with Crippen molar-refractivity contribution >= 4 is 11.3 Å². The Bertz CT molecular complexity index is 475. The highest BCUT2D eigenvalue weighted by atomic mass is 32.1. The van der Waals surface area contributed by atoms with Crippen molar-refractivity contribution in [1.29, 1.82) is 0 Å². The zero-order chi connectivity index (χ0) is 12.3. The summed E-state index contributed by atoms with van der Waals surface area (Å²) in [5.74, 6) is 1.98. The number of thiazole rings is 1. The van der Waals surface area contributed by atoms with Gasteiger partial charge in [0, 0.05) is 11.9 Å². The van der Waals surface area contributed by atoms with E-state index in [0.717, 1.165) is 36.7 Å². The molecule has 17 heavy (non-hydrogen) atoms. The molecule has 2 heterocycles. The van der Waals surface area contributed by atoms with Crippen molar-refractivity contribution in [2.24, 2.45) is 0 Å². The second-order valence-electron chi connectivity index (χ2n) is 4.27. The molecule has 0 atom stereocenters. The van der Waals surface area contributed by atoms with E-state index in [1.807, 2.05) is 19.1 Å². The second-order valence-corrected chi connectivity index (χ2v) is 5.21. The first kappa shape index (κ1) is 12.3. The van der Waals surface area contributed by atoms with Gasteiger partial charge in [0.1, 0.15) is 11.5 Å². The topological polar surface area (TPSA) is 29.3 Å². The molecule has 0 bridgehead atoms. The van der Waals surface area contributed by atoms with Crippen LogP contribution in [-0.2, 0) is 19.5 Å². The minimum absolute atomic E-state index is 0.826. The number of rotatable bonds is 5. The van der Waals surface area contributed by atoms with Gasteiger partial charge in [0.15, 0.2) is 0 Å². The van der Waals surface area contributed by atoms with Gasteiger partial charge >= 0.3 is 0 Å². The third-order valence-corrected chi connectivity index (χ3v) is 3.60. The summed E-state index contributed by atoms with van der Waals surface area (Å²) in [5, 5.41) is 3.35. The predicted octanol–water partition coefficient (Wildman–Crippen LogP) is 3.24. The van der Waals surface area contributed by atoms with E-state index in [1.165, 1.54) is 5.01 Å². The molecule has 0 amide bonds. The van der Waals surface area contributed by atoms with Crippen LogP contribution >= 0.6 is 11.3 Å². The summed E-state index contributed by atoms with van der Waals surface area (Å²) < 4.78 is 5.56. The van der Waals surface area contributed by atoms with Crippen LogP contribution in [-0.4, -0.2) is 16.9 Å². The molecule has 4 heteroatoms. The van der Waals surface area contributed by atoms with Gasteiger partial charge in [0.2, 0.25) is 0 Å². The van der Waals surface area contributed by atoms with Gasteiger partial charge < -0.3 is 4.42 Å². The number of aryl methyl sites for hydroxylation is 2. The van der Waals surface area contributed by atoms with Crippen molar-refractivity contribution in [3.63, 3.8) is 0 Å². The standard InChI is InChI=1S/C13H18N2OS/c1-4-13-14-11(9-17-13)7-15(3)8-12-6-5-10(2)16-12/h5-6,9H,4,7-8H2,1-3H3. The van der Waals surface area contributed by atoms with E-state index in [9.17, 15) is 0 Å². The molecule has 0 aromatic carbocycles. The first-order chi connectivity index (χ1) is 8.17. The molecule has 0 radical (unpaired) electrons. The molecule has 0 saturated carbocycles. The SMILES string of the molecule is CCc1nc(CN(C)Cc2ccc(C)o2)cs1. The Morgan fingerprint density at radius 1 is 1.35 bits per heavy atom. The predicted molar refractivity (Wildman–Crippen MR) is 70.1 cm³/mol. The molecule has 0 fully saturated rings. The maximum atomic E-state index is 5.56. The smallest absolute Gasteiger partial charge is 0.118 e. The molecule has 0 aliphatic heterocycles. The van der Waals surface area contributed by atoms with Crippen LogP contribution in [0, 0.1) is 6.92 Å². The number of hydrogen-bond acceptors (Lipinski definition) is 4. The van der Waals surface area contributed by atoms with E-state index in [1.54, 1.807) is 11.3 Å². The molecule has 0 unspecified atom stereocenters. The fourth-order valence-corrected chi connectivity index (χ4v) is 2.49. The Kier molecular flexibility index (Phi) is 3.97. The molecule has 0 aliphatic carbocycles. The number of hydrogen-bond donors (Lipinski definition) is 0. The second kappa shape index (κ2) is 5.47. The fraction of sp³-hybridized carbons (Fsp3) is 0.462. The fourth-order valence-electron chi connectivity index (χ4n) is 1.75. The summed E-state index contributed by atoms with van der Waals surface area (Å²) >= 11 is 1.74. The van der Waals surface area contributed by atoms with Gasteiger partial charge in [-0.05, 0) is 32.5 Å².